The summed E-state index contributed by atoms with van der Waals surface area (Å²) in [6, 6.07) is 0. The lowest BCUT2D eigenvalue weighted by atomic mass is 10.1. The quantitative estimate of drug-likeness (QED) is 0.650. The summed E-state index contributed by atoms with van der Waals surface area (Å²) in [5.74, 6) is 1.12. The molecule has 76 valence electrons. The molecule has 0 fully saturated rings. The van der Waals surface area contributed by atoms with Crippen LogP contribution in [0.1, 0.15) is 6.92 Å². The van der Waals surface area contributed by atoms with Crippen LogP contribution in [0, 0.1) is 0 Å². The molecule has 3 nitrogen and oxygen atoms in total. The van der Waals surface area contributed by atoms with Gasteiger partial charge < -0.3 is 15.1 Å². The van der Waals surface area contributed by atoms with Gasteiger partial charge >= 0.3 is 0 Å². The molecule has 15 heavy (non-hydrogen) atoms. The first-order valence-electron chi connectivity index (χ1n) is 5.02. The fourth-order valence-electron chi connectivity index (χ4n) is 2.25. The van der Waals surface area contributed by atoms with Crippen LogP contribution >= 0.6 is 0 Å². The van der Waals surface area contributed by atoms with Crippen molar-refractivity contribution in [3.63, 3.8) is 0 Å². The molecular formula is C12H13N3. The molecular weight excluding hydrogens is 186 g/mol. The van der Waals surface area contributed by atoms with E-state index < -0.39 is 0 Å². The van der Waals surface area contributed by atoms with E-state index in [4.69, 9.17) is 0 Å². The average Bonchev–Trinajstić information content (AvgIpc) is 2.83. The van der Waals surface area contributed by atoms with Gasteiger partial charge in [-0.05, 0) is 25.2 Å². The second kappa shape index (κ2) is 2.57. The first-order valence-corrected chi connectivity index (χ1v) is 5.02. The molecule has 3 heteroatoms. The molecule has 1 unspecified atom stereocenters. The Morgan fingerprint density at radius 2 is 2.20 bits per heavy atom. The van der Waals surface area contributed by atoms with E-state index in [9.17, 15) is 0 Å². The molecule has 0 spiro atoms. The third kappa shape index (κ3) is 0.850. The predicted molar refractivity (Wildman–Crippen MR) is 59.9 cm³/mol. The van der Waals surface area contributed by atoms with Crippen LogP contribution in [0.25, 0.3) is 0 Å². The van der Waals surface area contributed by atoms with Gasteiger partial charge in [0.25, 0.3) is 0 Å². The van der Waals surface area contributed by atoms with E-state index in [0.717, 1.165) is 5.82 Å². The molecule has 0 saturated carbocycles. The second-order valence-electron chi connectivity index (χ2n) is 3.93. The van der Waals surface area contributed by atoms with Gasteiger partial charge in [0.15, 0.2) is 0 Å². The predicted octanol–water partition coefficient (Wildman–Crippen LogP) is 1.83. The second-order valence-corrected chi connectivity index (χ2v) is 3.93. The lowest BCUT2D eigenvalue weighted by Crippen LogP contribution is -2.46. The topological polar surface area (TPSA) is 18.5 Å². The monoisotopic (exact) mass is 199 g/mol. The average molecular weight is 199 g/mol. The number of hydrogen-bond acceptors (Lipinski definition) is 3. The molecule has 3 rings (SSSR count). The van der Waals surface area contributed by atoms with E-state index in [1.807, 2.05) is 30.6 Å². The summed E-state index contributed by atoms with van der Waals surface area (Å²) in [4.78, 5) is 4.40. The molecule has 0 radical (unpaired) electrons. The molecule has 1 atom stereocenters. The number of nitrogens with one attached hydrogen (secondary N) is 1. The normalized spacial score (nSPS) is 30.7. The van der Waals surface area contributed by atoms with Gasteiger partial charge in [0.05, 0.1) is 5.70 Å². The van der Waals surface area contributed by atoms with Crippen LogP contribution in [0.4, 0.5) is 0 Å². The van der Waals surface area contributed by atoms with Crippen LogP contribution in [-0.2, 0) is 0 Å². The molecule has 0 aromatic rings. The van der Waals surface area contributed by atoms with Gasteiger partial charge in [0.2, 0.25) is 0 Å². The van der Waals surface area contributed by atoms with Crippen molar-refractivity contribution in [3.05, 3.63) is 61.0 Å². The first kappa shape index (κ1) is 8.41. The van der Waals surface area contributed by atoms with Crippen molar-refractivity contribution in [3.8, 4) is 0 Å². The zero-order chi connectivity index (χ0) is 10.5. The molecule has 3 aliphatic rings. The number of nitrogens with zero attached hydrogens (tertiary/aromatic N) is 2. The van der Waals surface area contributed by atoms with Gasteiger partial charge in [-0.15, -0.1) is 0 Å². The van der Waals surface area contributed by atoms with Crippen molar-refractivity contribution in [2.75, 3.05) is 0 Å². The zero-order valence-electron chi connectivity index (χ0n) is 8.64. The number of allylic oxidation sites excluding steroid dienone is 3. The number of rotatable bonds is 1. The molecule has 3 aliphatic heterocycles. The van der Waals surface area contributed by atoms with E-state index in [-0.39, 0.29) is 5.66 Å². The molecule has 3 heterocycles. The Bertz CT molecular complexity index is 442. The molecule has 1 N–H and O–H groups in total. The van der Waals surface area contributed by atoms with E-state index in [2.05, 4.69) is 40.9 Å². The Labute approximate surface area is 89.4 Å². The lowest BCUT2D eigenvalue weighted by molar-refractivity contribution is 0.164. The molecule has 0 saturated heterocycles. The van der Waals surface area contributed by atoms with E-state index in [1.54, 1.807) is 0 Å². The van der Waals surface area contributed by atoms with Crippen molar-refractivity contribution in [1.82, 2.24) is 15.1 Å². The Kier molecular flexibility index (Phi) is 1.44. The largest absolute Gasteiger partial charge is 0.345 e. The summed E-state index contributed by atoms with van der Waals surface area (Å²) < 4.78 is 0. The van der Waals surface area contributed by atoms with Crippen LogP contribution in [0.5, 0.6) is 0 Å². The minimum Gasteiger partial charge on any atom is -0.345 e. The minimum absolute atomic E-state index is 0.202. The van der Waals surface area contributed by atoms with Gasteiger partial charge in [0, 0.05) is 18.6 Å². The maximum absolute atomic E-state index is 3.94. The summed E-state index contributed by atoms with van der Waals surface area (Å²) in [7, 11) is 0. The van der Waals surface area contributed by atoms with E-state index >= 15 is 0 Å². The smallest absolute Gasteiger partial charge is 0.138 e. The lowest BCUT2D eigenvalue weighted by Gasteiger charge is -2.38. The SMILES string of the molecule is C=CC1(C)N2C=CC=CC2=C2NC=CN21. The summed E-state index contributed by atoms with van der Waals surface area (Å²) >= 11 is 0. The molecule has 0 aliphatic carbocycles. The highest BCUT2D eigenvalue weighted by Crippen LogP contribution is 2.41. The highest BCUT2D eigenvalue weighted by Gasteiger charge is 2.45. The van der Waals surface area contributed by atoms with Gasteiger partial charge in [-0.2, -0.15) is 0 Å². The number of hydrogen-bond donors (Lipinski definition) is 1. The summed E-state index contributed by atoms with van der Waals surface area (Å²) in [5, 5.41) is 3.26. The fraction of sp³-hybridized carbons (Fsp3) is 0.167. The van der Waals surface area contributed by atoms with Crippen LogP contribution in [-0.4, -0.2) is 15.5 Å². The van der Waals surface area contributed by atoms with Gasteiger partial charge in [-0.3, -0.25) is 0 Å². The first-order chi connectivity index (χ1) is 7.27. The van der Waals surface area contributed by atoms with Crippen molar-refractivity contribution >= 4 is 0 Å². The summed E-state index contributed by atoms with van der Waals surface area (Å²) in [6.07, 6.45) is 14.2. The van der Waals surface area contributed by atoms with Crippen LogP contribution < -0.4 is 5.32 Å². The fourth-order valence-corrected chi connectivity index (χ4v) is 2.25. The van der Waals surface area contributed by atoms with Crippen molar-refractivity contribution in [2.45, 2.75) is 12.6 Å². The molecule has 0 aromatic carbocycles. The van der Waals surface area contributed by atoms with Crippen molar-refractivity contribution in [2.24, 2.45) is 0 Å². The van der Waals surface area contributed by atoms with Gasteiger partial charge in [-0.1, -0.05) is 12.7 Å². The highest BCUT2D eigenvalue weighted by atomic mass is 15.5. The van der Waals surface area contributed by atoms with Crippen LogP contribution in [0.3, 0.4) is 0 Å². The Morgan fingerprint density at radius 3 is 3.00 bits per heavy atom. The van der Waals surface area contributed by atoms with Gasteiger partial charge in [-0.25, -0.2) is 0 Å². The standard InChI is InChI=1S/C12H13N3/c1-3-12(2)14-8-5-4-6-10(14)11-13-7-9-15(11)12/h3-9,13H,1H2,2H3. The summed E-state index contributed by atoms with van der Waals surface area (Å²) in [5.41, 5.74) is 0.983. The van der Waals surface area contributed by atoms with Crippen LogP contribution in [0.2, 0.25) is 0 Å². The Morgan fingerprint density at radius 1 is 1.33 bits per heavy atom. The maximum atomic E-state index is 3.94. The molecule has 0 aromatic heterocycles. The summed E-state index contributed by atoms with van der Waals surface area (Å²) in [6.45, 7) is 6.08. The van der Waals surface area contributed by atoms with E-state index in [0.29, 0.717) is 0 Å². The third-order valence-corrected chi connectivity index (χ3v) is 3.15. The van der Waals surface area contributed by atoms with Crippen LogP contribution in [0.15, 0.2) is 61.0 Å². The van der Waals surface area contributed by atoms with Crippen molar-refractivity contribution < 1.29 is 0 Å². The minimum atomic E-state index is -0.202. The number of fused-ring (bicyclic) bond motifs is 2. The van der Waals surface area contributed by atoms with Crippen molar-refractivity contribution in [1.29, 1.82) is 0 Å². The van der Waals surface area contributed by atoms with Gasteiger partial charge in [0.1, 0.15) is 11.5 Å². The Hall–Kier alpha value is -1.90. The zero-order valence-corrected chi connectivity index (χ0v) is 8.64. The molecule has 0 bridgehead atoms. The maximum Gasteiger partial charge on any atom is 0.138 e. The third-order valence-electron chi connectivity index (χ3n) is 3.15. The molecule has 0 amide bonds. The van der Waals surface area contributed by atoms with E-state index in [1.165, 1.54) is 5.70 Å². The highest BCUT2D eigenvalue weighted by molar-refractivity contribution is 5.42. The Balaban J connectivity index is 2.18.